The van der Waals surface area contributed by atoms with E-state index in [9.17, 15) is 18.8 Å². The molecule has 1 atom stereocenters. The Morgan fingerprint density at radius 2 is 2.18 bits per heavy atom. The summed E-state index contributed by atoms with van der Waals surface area (Å²) in [6, 6.07) is 4.36. The van der Waals surface area contributed by atoms with Gasteiger partial charge in [-0.2, -0.15) is 0 Å². The van der Waals surface area contributed by atoms with Crippen molar-refractivity contribution in [2.24, 2.45) is 5.92 Å². The van der Waals surface area contributed by atoms with E-state index in [0.29, 0.717) is 11.3 Å². The maximum atomic E-state index is 13.3. The van der Waals surface area contributed by atoms with E-state index >= 15 is 0 Å². The summed E-state index contributed by atoms with van der Waals surface area (Å²) in [4.78, 5) is 35.8. The van der Waals surface area contributed by atoms with Crippen LogP contribution in [0.2, 0.25) is 0 Å². The van der Waals surface area contributed by atoms with E-state index in [1.165, 1.54) is 17.0 Å². The van der Waals surface area contributed by atoms with Crippen LogP contribution in [0.1, 0.15) is 18.4 Å². The molecule has 1 aliphatic rings. The fraction of sp³-hybridized carbons (Fsp3) is 0.400. The number of anilines is 1. The van der Waals surface area contributed by atoms with Crippen LogP contribution in [0, 0.1) is 18.7 Å². The van der Waals surface area contributed by atoms with Crippen LogP contribution in [0.5, 0.6) is 0 Å². The average Bonchev–Trinajstić information content (AvgIpc) is 2.83. The second-order valence-electron chi connectivity index (χ2n) is 5.27. The molecule has 2 rings (SSSR count). The quantitative estimate of drug-likeness (QED) is 0.852. The lowest BCUT2D eigenvalue weighted by molar-refractivity contribution is -0.137. The number of carboxylic acids is 1. The van der Waals surface area contributed by atoms with Crippen LogP contribution in [-0.4, -0.2) is 36.0 Å². The molecule has 0 spiro atoms. The maximum Gasteiger partial charge on any atom is 0.305 e. The van der Waals surface area contributed by atoms with Gasteiger partial charge in [-0.1, -0.05) is 0 Å². The van der Waals surface area contributed by atoms with Crippen molar-refractivity contribution in [1.82, 2.24) is 5.32 Å². The first-order valence-corrected chi connectivity index (χ1v) is 6.94. The van der Waals surface area contributed by atoms with Crippen LogP contribution >= 0.6 is 0 Å². The number of hydrogen-bond donors (Lipinski definition) is 2. The van der Waals surface area contributed by atoms with Gasteiger partial charge in [-0.05, 0) is 30.7 Å². The fourth-order valence-corrected chi connectivity index (χ4v) is 2.37. The van der Waals surface area contributed by atoms with Crippen molar-refractivity contribution in [2.75, 3.05) is 18.0 Å². The maximum absolute atomic E-state index is 13.3. The van der Waals surface area contributed by atoms with Crippen molar-refractivity contribution in [2.45, 2.75) is 19.8 Å². The highest BCUT2D eigenvalue weighted by Gasteiger charge is 2.35. The third-order valence-corrected chi connectivity index (χ3v) is 3.59. The molecule has 0 saturated carbocycles. The standard InChI is InChI=1S/C15H17FN2O4/c1-9-6-11(2-3-12(9)16)18-8-10(7-13(18)19)15(22)17-5-4-14(20)21/h2-3,6,10H,4-5,7-8H2,1H3,(H,17,22)(H,20,21). The van der Waals surface area contributed by atoms with Gasteiger partial charge in [0.25, 0.3) is 0 Å². The molecule has 1 heterocycles. The topological polar surface area (TPSA) is 86.7 Å². The largest absolute Gasteiger partial charge is 0.481 e. The first-order chi connectivity index (χ1) is 10.4. The Balaban J connectivity index is 1.99. The average molecular weight is 308 g/mol. The third kappa shape index (κ3) is 3.60. The van der Waals surface area contributed by atoms with E-state index in [1.54, 1.807) is 13.0 Å². The van der Waals surface area contributed by atoms with E-state index in [-0.39, 0.29) is 43.6 Å². The normalized spacial score (nSPS) is 17.6. The molecule has 1 fully saturated rings. The Morgan fingerprint density at radius 1 is 1.45 bits per heavy atom. The highest BCUT2D eigenvalue weighted by molar-refractivity contribution is 6.00. The van der Waals surface area contributed by atoms with Gasteiger partial charge >= 0.3 is 5.97 Å². The number of aryl methyl sites for hydroxylation is 1. The summed E-state index contributed by atoms with van der Waals surface area (Å²) >= 11 is 0. The molecule has 0 aliphatic carbocycles. The number of nitrogens with one attached hydrogen (secondary N) is 1. The molecule has 6 nitrogen and oxygen atoms in total. The van der Waals surface area contributed by atoms with Gasteiger partial charge in [0.1, 0.15) is 5.82 Å². The lowest BCUT2D eigenvalue weighted by Crippen LogP contribution is -2.34. The molecular weight excluding hydrogens is 291 g/mol. The highest BCUT2D eigenvalue weighted by Crippen LogP contribution is 2.26. The lowest BCUT2D eigenvalue weighted by atomic mass is 10.1. The zero-order chi connectivity index (χ0) is 16.3. The van der Waals surface area contributed by atoms with Crippen molar-refractivity contribution in [3.05, 3.63) is 29.6 Å². The Kier molecular flexibility index (Phi) is 4.75. The van der Waals surface area contributed by atoms with Crippen molar-refractivity contribution >= 4 is 23.5 Å². The van der Waals surface area contributed by atoms with Crippen LogP contribution < -0.4 is 10.2 Å². The van der Waals surface area contributed by atoms with Gasteiger partial charge in [0.2, 0.25) is 11.8 Å². The summed E-state index contributed by atoms with van der Waals surface area (Å²) in [7, 11) is 0. The Bertz CT molecular complexity index is 618. The number of carbonyl (C=O) groups excluding carboxylic acids is 2. The molecule has 1 aromatic carbocycles. The third-order valence-electron chi connectivity index (χ3n) is 3.59. The minimum Gasteiger partial charge on any atom is -0.481 e. The van der Waals surface area contributed by atoms with E-state index in [4.69, 9.17) is 5.11 Å². The van der Waals surface area contributed by atoms with Crippen molar-refractivity contribution in [3.63, 3.8) is 0 Å². The number of hydrogen-bond acceptors (Lipinski definition) is 3. The molecule has 1 saturated heterocycles. The van der Waals surface area contributed by atoms with Crippen molar-refractivity contribution in [3.8, 4) is 0 Å². The molecule has 0 bridgehead atoms. The van der Waals surface area contributed by atoms with Gasteiger partial charge < -0.3 is 15.3 Å². The van der Waals surface area contributed by atoms with E-state index in [0.717, 1.165) is 0 Å². The zero-order valence-electron chi connectivity index (χ0n) is 12.1. The summed E-state index contributed by atoms with van der Waals surface area (Å²) in [6.45, 7) is 1.85. The van der Waals surface area contributed by atoms with Gasteiger partial charge in [-0.25, -0.2) is 4.39 Å². The minimum atomic E-state index is -0.994. The summed E-state index contributed by atoms with van der Waals surface area (Å²) in [5.41, 5.74) is 0.990. The fourth-order valence-electron chi connectivity index (χ4n) is 2.37. The molecule has 2 N–H and O–H groups in total. The van der Waals surface area contributed by atoms with Crippen LogP contribution in [0.25, 0.3) is 0 Å². The molecule has 0 radical (unpaired) electrons. The molecule has 118 valence electrons. The number of benzene rings is 1. The SMILES string of the molecule is Cc1cc(N2CC(C(=O)NCCC(=O)O)CC2=O)ccc1F. The number of aliphatic carboxylic acids is 1. The second kappa shape index (κ2) is 6.55. The number of nitrogens with zero attached hydrogens (tertiary/aromatic N) is 1. The Labute approximate surface area is 126 Å². The molecule has 0 aromatic heterocycles. The molecule has 22 heavy (non-hydrogen) atoms. The van der Waals surface area contributed by atoms with Gasteiger partial charge in [0.05, 0.1) is 12.3 Å². The molecule has 1 unspecified atom stereocenters. The molecule has 7 heteroatoms. The van der Waals surface area contributed by atoms with Crippen LogP contribution in [0.4, 0.5) is 10.1 Å². The van der Waals surface area contributed by atoms with Gasteiger partial charge in [0.15, 0.2) is 0 Å². The van der Waals surface area contributed by atoms with Gasteiger partial charge in [-0.3, -0.25) is 14.4 Å². The van der Waals surface area contributed by atoms with E-state index < -0.39 is 11.9 Å². The van der Waals surface area contributed by atoms with Crippen LogP contribution in [-0.2, 0) is 14.4 Å². The predicted molar refractivity (Wildman–Crippen MR) is 76.9 cm³/mol. The number of rotatable bonds is 5. The number of halogens is 1. The van der Waals surface area contributed by atoms with Crippen molar-refractivity contribution < 1.29 is 23.9 Å². The molecule has 2 amide bonds. The summed E-state index contributed by atoms with van der Waals surface area (Å²) in [6.07, 6.45) is -0.0946. The smallest absolute Gasteiger partial charge is 0.305 e. The first-order valence-electron chi connectivity index (χ1n) is 6.94. The monoisotopic (exact) mass is 308 g/mol. The van der Waals surface area contributed by atoms with Crippen molar-refractivity contribution in [1.29, 1.82) is 0 Å². The number of amides is 2. The Hall–Kier alpha value is -2.44. The number of carbonyl (C=O) groups is 3. The van der Waals surface area contributed by atoms with E-state index in [2.05, 4.69) is 5.32 Å². The highest BCUT2D eigenvalue weighted by atomic mass is 19.1. The van der Waals surface area contributed by atoms with Gasteiger partial charge in [-0.15, -0.1) is 0 Å². The van der Waals surface area contributed by atoms with Crippen LogP contribution in [0.3, 0.4) is 0 Å². The summed E-state index contributed by atoms with van der Waals surface area (Å²) < 4.78 is 13.3. The molecular formula is C15H17FN2O4. The lowest BCUT2D eigenvalue weighted by Gasteiger charge is -2.17. The summed E-state index contributed by atoms with van der Waals surface area (Å²) in [5.74, 6) is -2.41. The second-order valence-corrected chi connectivity index (χ2v) is 5.27. The predicted octanol–water partition coefficient (Wildman–Crippen LogP) is 1.08. The molecule has 1 aromatic rings. The molecule has 1 aliphatic heterocycles. The number of carboxylic acid groups (broad SMARTS) is 1. The van der Waals surface area contributed by atoms with Gasteiger partial charge in [0, 0.05) is 25.2 Å². The summed E-state index contributed by atoms with van der Waals surface area (Å²) in [5, 5.41) is 11.0. The van der Waals surface area contributed by atoms with Crippen LogP contribution in [0.15, 0.2) is 18.2 Å². The minimum absolute atomic E-state index is 0.0362. The van der Waals surface area contributed by atoms with E-state index in [1.807, 2.05) is 0 Å². The first kappa shape index (κ1) is 15.9. The zero-order valence-corrected chi connectivity index (χ0v) is 12.1. The Morgan fingerprint density at radius 3 is 2.82 bits per heavy atom.